The molecule has 0 aromatic rings. The van der Waals surface area contributed by atoms with E-state index in [0.717, 1.165) is 0 Å². The molecular formula is C8H12Cl2O4. The van der Waals surface area contributed by atoms with Gasteiger partial charge in [0.25, 0.3) is 0 Å². The molecule has 1 aliphatic rings. The van der Waals surface area contributed by atoms with Crippen LogP contribution in [0.25, 0.3) is 0 Å². The van der Waals surface area contributed by atoms with E-state index < -0.39 is 24.5 Å². The SMILES string of the molecule is CC(=O)O[C@H]1C[C@H](Cl)[C@H](CCl)O[C@@H]1O. The number of hydrogen-bond donors (Lipinski definition) is 1. The standard InChI is InChI=1S/C8H12Cl2O4/c1-4(11)13-6-2-5(10)7(3-9)14-8(6)12/h5-8,12H,2-3H2,1H3/t5-,6-,7-,8-/m0/s1. The first kappa shape index (κ1) is 12.0. The summed E-state index contributed by atoms with van der Waals surface area (Å²) in [7, 11) is 0. The van der Waals surface area contributed by atoms with Crippen molar-refractivity contribution in [3.05, 3.63) is 0 Å². The Morgan fingerprint density at radius 3 is 2.86 bits per heavy atom. The third kappa shape index (κ3) is 2.98. The van der Waals surface area contributed by atoms with Crippen LogP contribution in [0.15, 0.2) is 0 Å². The van der Waals surface area contributed by atoms with Crippen LogP contribution in [0, 0.1) is 0 Å². The molecule has 0 amide bonds. The maximum absolute atomic E-state index is 10.7. The van der Waals surface area contributed by atoms with Gasteiger partial charge in [-0.25, -0.2) is 0 Å². The summed E-state index contributed by atoms with van der Waals surface area (Å²) in [5.74, 6) is -0.260. The van der Waals surface area contributed by atoms with Gasteiger partial charge in [0.1, 0.15) is 0 Å². The number of aliphatic hydroxyl groups excluding tert-OH is 1. The first-order valence-corrected chi connectivity index (χ1v) is 5.22. The Morgan fingerprint density at radius 1 is 1.71 bits per heavy atom. The molecule has 0 aromatic carbocycles. The van der Waals surface area contributed by atoms with E-state index in [2.05, 4.69) is 0 Å². The molecule has 1 N–H and O–H groups in total. The largest absolute Gasteiger partial charge is 0.457 e. The Labute approximate surface area is 92.1 Å². The zero-order valence-corrected chi connectivity index (χ0v) is 9.16. The molecular weight excluding hydrogens is 231 g/mol. The van der Waals surface area contributed by atoms with Gasteiger partial charge in [0.05, 0.1) is 17.4 Å². The lowest BCUT2D eigenvalue weighted by Gasteiger charge is -2.35. The molecule has 0 aliphatic carbocycles. The van der Waals surface area contributed by atoms with Gasteiger partial charge in [-0.05, 0) is 0 Å². The van der Waals surface area contributed by atoms with Crippen molar-refractivity contribution in [1.82, 2.24) is 0 Å². The summed E-state index contributed by atoms with van der Waals surface area (Å²) in [6.45, 7) is 1.27. The molecule has 82 valence electrons. The van der Waals surface area contributed by atoms with Gasteiger partial charge < -0.3 is 14.6 Å². The number of ether oxygens (including phenoxy) is 2. The van der Waals surface area contributed by atoms with E-state index in [1.54, 1.807) is 0 Å². The molecule has 4 atom stereocenters. The third-order valence-corrected chi connectivity index (χ3v) is 2.73. The van der Waals surface area contributed by atoms with E-state index in [-0.39, 0.29) is 11.3 Å². The summed E-state index contributed by atoms with van der Waals surface area (Å²) >= 11 is 11.5. The highest BCUT2D eigenvalue weighted by Gasteiger charge is 2.37. The highest BCUT2D eigenvalue weighted by Crippen LogP contribution is 2.26. The fourth-order valence-electron chi connectivity index (χ4n) is 1.29. The topological polar surface area (TPSA) is 55.8 Å². The van der Waals surface area contributed by atoms with Crippen LogP contribution >= 0.6 is 23.2 Å². The third-order valence-electron chi connectivity index (χ3n) is 1.96. The van der Waals surface area contributed by atoms with E-state index in [9.17, 15) is 9.90 Å². The van der Waals surface area contributed by atoms with Crippen molar-refractivity contribution in [1.29, 1.82) is 0 Å². The number of halogens is 2. The molecule has 1 aliphatic heterocycles. The van der Waals surface area contributed by atoms with Crippen LogP contribution in [0.5, 0.6) is 0 Å². The molecule has 0 unspecified atom stereocenters. The van der Waals surface area contributed by atoms with E-state index in [4.69, 9.17) is 32.7 Å². The second-order valence-corrected chi connectivity index (χ2v) is 3.99. The molecule has 6 heteroatoms. The second kappa shape index (κ2) is 5.16. The van der Waals surface area contributed by atoms with Gasteiger partial charge in [0.2, 0.25) is 0 Å². The zero-order chi connectivity index (χ0) is 10.7. The van der Waals surface area contributed by atoms with Gasteiger partial charge in [-0.1, -0.05) is 0 Å². The summed E-state index contributed by atoms with van der Waals surface area (Å²) in [4.78, 5) is 10.7. The number of hydrogen-bond acceptors (Lipinski definition) is 4. The Kier molecular flexibility index (Phi) is 4.44. The average Bonchev–Trinajstić information content (AvgIpc) is 2.10. The maximum Gasteiger partial charge on any atom is 0.303 e. The minimum atomic E-state index is -1.14. The highest BCUT2D eigenvalue weighted by molar-refractivity contribution is 6.23. The number of rotatable bonds is 2. The Hall–Kier alpha value is -0.0300. The van der Waals surface area contributed by atoms with Crippen molar-refractivity contribution in [2.75, 3.05) is 5.88 Å². The highest BCUT2D eigenvalue weighted by atomic mass is 35.5. The van der Waals surface area contributed by atoms with Crippen LogP contribution in [-0.4, -0.2) is 40.8 Å². The van der Waals surface area contributed by atoms with E-state index >= 15 is 0 Å². The summed E-state index contributed by atoms with van der Waals surface area (Å²) in [6, 6.07) is 0. The smallest absolute Gasteiger partial charge is 0.303 e. The van der Waals surface area contributed by atoms with Crippen LogP contribution < -0.4 is 0 Å². The fraction of sp³-hybridized carbons (Fsp3) is 0.875. The zero-order valence-electron chi connectivity index (χ0n) is 7.65. The Bertz CT molecular complexity index is 212. The minimum Gasteiger partial charge on any atom is -0.457 e. The number of carbonyl (C=O) groups is 1. The number of carbonyl (C=O) groups excluding carboxylic acids is 1. The fourth-order valence-corrected chi connectivity index (χ4v) is 2.00. The first-order valence-electron chi connectivity index (χ1n) is 4.25. The molecule has 0 aromatic heterocycles. The lowest BCUT2D eigenvalue weighted by atomic mass is 10.1. The van der Waals surface area contributed by atoms with Crippen molar-refractivity contribution in [2.45, 2.75) is 37.2 Å². The van der Waals surface area contributed by atoms with Gasteiger partial charge in [-0.2, -0.15) is 0 Å². The first-order chi connectivity index (χ1) is 6.54. The predicted octanol–water partition coefficient (Wildman–Crippen LogP) is 0.872. The van der Waals surface area contributed by atoms with Crippen LogP contribution in [0.2, 0.25) is 0 Å². The molecule has 1 saturated heterocycles. The monoisotopic (exact) mass is 242 g/mol. The molecule has 0 spiro atoms. The Morgan fingerprint density at radius 2 is 2.36 bits per heavy atom. The number of aliphatic hydroxyl groups is 1. The summed E-state index contributed by atoms with van der Waals surface area (Å²) in [5.41, 5.74) is 0. The summed E-state index contributed by atoms with van der Waals surface area (Å²) in [5, 5.41) is 9.07. The van der Waals surface area contributed by atoms with Crippen LogP contribution in [-0.2, 0) is 14.3 Å². The molecule has 4 nitrogen and oxygen atoms in total. The maximum atomic E-state index is 10.7. The summed E-state index contributed by atoms with van der Waals surface area (Å²) in [6.07, 6.45) is -1.90. The predicted molar refractivity (Wildman–Crippen MR) is 51.4 cm³/mol. The van der Waals surface area contributed by atoms with Gasteiger partial charge in [-0.15, -0.1) is 23.2 Å². The van der Waals surface area contributed by atoms with Crippen LogP contribution in [0.4, 0.5) is 0 Å². The Balaban J connectivity index is 2.52. The molecule has 0 radical (unpaired) electrons. The normalized spacial score (nSPS) is 38.0. The lowest BCUT2D eigenvalue weighted by Crippen LogP contribution is -2.47. The molecule has 1 rings (SSSR count). The van der Waals surface area contributed by atoms with Crippen molar-refractivity contribution in [2.24, 2.45) is 0 Å². The summed E-state index contributed by atoms with van der Waals surface area (Å²) < 4.78 is 9.90. The van der Waals surface area contributed by atoms with E-state index in [1.165, 1.54) is 6.92 Å². The van der Waals surface area contributed by atoms with E-state index in [1.807, 2.05) is 0 Å². The van der Waals surface area contributed by atoms with Gasteiger partial charge in [0, 0.05) is 13.3 Å². The molecule has 0 saturated carbocycles. The molecule has 1 fully saturated rings. The average molecular weight is 243 g/mol. The second-order valence-electron chi connectivity index (χ2n) is 3.12. The van der Waals surface area contributed by atoms with Crippen molar-refractivity contribution in [3.8, 4) is 0 Å². The number of alkyl halides is 2. The van der Waals surface area contributed by atoms with Crippen LogP contribution in [0.1, 0.15) is 13.3 Å². The molecule has 14 heavy (non-hydrogen) atoms. The quantitative estimate of drug-likeness (QED) is 0.577. The van der Waals surface area contributed by atoms with Crippen LogP contribution in [0.3, 0.4) is 0 Å². The number of esters is 1. The van der Waals surface area contributed by atoms with Gasteiger partial charge in [0.15, 0.2) is 12.4 Å². The van der Waals surface area contributed by atoms with Crippen molar-refractivity contribution in [3.63, 3.8) is 0 Å². The lowest BCUT2D eigenvalue weighted by molar-refractivity contribution is -0.221. The van der Waals surface area contributed by atoms with E-state index in [0.29, 0.717) is 6.42 Å². The molecule has 1 heterocycles. The van der Waals surface area contributed by atoms with Gasteiger partial charge in [-0.3, -0.25) is 4.79 Å². The van der Waals surface area contributed by atoms with Gasteiger partial charge >= 0.3 is 5.97 Å². The molecule has 0 bridgehead atoms. The minimum absolute atomic E-state index is 0.206. The van der Waals surface area contributed by atoms with Crippen molar-refractivity contribution >= 4 is 29.2 Å². The van der Waals surface area contributed by atoms with Crippen molar-refractivity contribution < 1.29 is 19.4 Å².